The Morgan fingerprint density at radius 1 is 1.08 bits per heavy atom. The molecule has 2 amide bonds. The van der Waals surface area contributed by atoms with Crippen LogP contribution in [-0.4, -0.2) is 37.0 Å². The largest absolute Gasteiger partial charge is 0.467 e. The summed E-state index contributed by atoms with van der Waals surface area (Å²) >= 11 is 0. The number of methoxy groups -OCH3 is 1. The Balaban J connectivity index is 2.87. The monoisotopic (exact) mass is 352 g/mol. The molecule has 0 aliphatic heterocycles. The van der Waals surface area contributed by atoms with E-state index in [2.05, 4.69) is 10.6 Å². The summed E-state index contributed by atoms with van der Waals surface area (Å²) in [6, 6.07) is 3.98. The smallest absolute Gasteiger partial charge is 0.328 e. The van der Waals surface area contributed by atoms with Gasteiger partial charge >= 0.3 is 5.97 Å². The van der Waals surface area contributed by atoms with Gasteiger partial charge in [0.15, 0.2) is 0 Å². The summed E-state index contributed by atoms with van der Waals surface area (Å²) in [5.41, 5.74) is 0.678. The SMILES string of the molecule is COC(=O)[C@@H](Cc1ccc(F)cc1)NC(=O)[C@H](CC(C)C)NC(C)=O. The van der Waals surface area contributed by atoms with E-state index < -0.39 is 24.0 Å². The summed E-state index contributed by atoms with van der Waals surface area (Å²) < 4.78 is 17.7. The minimum atomic E-state index is -0.925. The standard InChI is InChI=1S/C18H25FN2O4/c1-11(2)9-15(20-12(3)22)17(23)21-16(18(24)25-4)10-13-5-7-14(19)8-6-13/h5-8,11,15-16H,9-10H2,1-4H3,(H,20,22)(H,21,23)/t15-,16+/m0/s1. The summed E-state index contributed by atoms with van der Waals surface area (Å²) in [4.78, 5) is 35.8. The molecule has 1 aromatic carbocycles. The van der Waals surface area contributed by atoms with Gasteiger partial charge in [0.2, 0.25) is 11.8 Å². The summed E-state index contributed by atoms with van der Waals surface area (Å²) in [5.74, 6) is -1.60. The first-order valence-electron chi connectivity index (χ1n) is 8.12. The molecule has 25 heavy (non-hydrogen) atoms. The molecule has 0 unspecified atom stereocenters. The number of nitrogens with one attached hydrogen (secondary N) is 2. The van der Waals surface area contributed by atoms with Gasteiger partial charge in [0.25, 0.3) is 0 Å². The van der Waals surface area contributed by atoms with Crippen LogP contribution in [0.3, 0.4) is 0 Å². The second kappa shape index (κ2) is 9.76. The van der Waals surface area contributed by atoms with E-state index in [1.54, 1.807) is 0 Å². The molecule has 0 aromatic heterocycles. The summed E-state index contributed by atoms with van der Waals surface area (Å²) in [6.45, 7) is 5.19. The van der Waals surface area contributed by atoms with Gasteiger partial charge < -0.3 is 15.4 Å². The van der Waals surface area contributed by atoms with Crippen molar-refractivity contribution in [3.05, 3.63) is 35.6 Å². The second-order valence-corrected chi connectivity index (χ2v) is 6.30. The summed E-state index contributed by atoms with van der Waals surface area (Å²) in [5, 5.41) is 5.21. The first kappa shape index (κ1) is 20.6. The molecule has 0 fully saturated rings. The summed E-state index contributed by atoms with van der Waals surface area (Å²) in [6.07, 6.45) is 0.600. The number of hydrogen-bond acceptors (Lipinski definition) is 4. The van der Waals surface area contributed by atoms with E-state index in [0.717, 1.165) is 0 Å². The van der Waals surface area contributed by atoms with E-state index in [-0.39, 0.29) is 24.1 Å². The van der Waals surface area contributed by atoms with E-state index in [1.807, 2.05) is 13.8 Å². The Bertz CT molecular complexity index is 602. The van der Waals surface area contributed by atoms with E-state index in [4.69, 9.17) is 4.74 Å². The Kier molecular flexibility index (Phi) is 8.04. The zero-order valence-electron chi connectivity index (χ0n) is 15.0. The van der Waals surface area contributed by atoms with Crippen molar-refractivity contribution < 1.29 is 23.5 Å². The van der Waals surface area contributed by atoms with Crippen LogP contribution in [0.5, 0.6) is 0 Å². The molecular formula is C18H25FN2O4. The maximum Gasteiger partial charge on any atom is 0.328 e. The van der Waals surface area contributed by atoms with Crippen molar-refractivity contribution in [1.82, 2.24) is 10.6 Å². The van der Waals surface area contributed by atoms with Crippen LogP contribution in [0.25, 0.3) is 0 Å². The fraction of sp³-hybridized carbons (Fsp3) is 0.500. The van der Waals surface area contributed by atoms with Crippen LogP contribution in [0.2, 0.25) is 0 Å². The number of halogens is 1. The Morgan fingerprint density at radius 3 is 2.16 bits per heavy atom. The van der Waals surface area contributed by atoms with Gasteiger partial charge in [0.1, 0.15) is 17.9 Å². The molecule has 6 nitrogen and oxygen atoms in total. The number of hydrogen-bond donors (Lipinski definition) is 2. The molecule has 0 saturated heterocycles. The lowest BCUT2D eigenvalue weighted by Crippen LogP contribution is -2.52. The minimum absolute atomic E-state index is 0.160. The number of rotatable bonds is 8. The highest BCUT2D eigenvalue weighted by atomic mass is 19.1. The first-order chi connectivity index (χ1) is 11.7. The molecule has 0 heterocycles. The van der Waals surface area contributed by atoms with Crippen LogP contribution < -0.4 is 10.6 Å². The van der Waals surface area contributed by atoms with Crippen molar-refractivity contribution in [2.45, 2.75) is 45.7 Å². The molecule has 0 radical (unpaired) electrons. The van der Waals surface area contributed by atoms with Crippen LogP contribution >= 0.6 is 0 Å². The van der Waals surface area contributed by atoms with Crippen molar-refractivity contribution >= 4 is 17.8 Å². The highest BCUT2D eigenvalue weighted by molar-refractivity contribution is 5.90. The number of benzene rings is 1. The molecule has 138 valence electrons. The molecule has 7 heteroatoms. The maximum absolute atomic E-state index is 13.0. The van der Waals surface area contributed by atoms with Gasteiger partial charge in [-0.15, -0.1) is 0 Å². The molecule has 0 aliphatic carbocycles. The van der Waals surface area contributed by atoms with Crippen LogP contribution in [0.1, 0.15) is 32.8 Å². The molecule has 1 aromatic rings. The van der Waals surface area contributed by atoms with E-state index in [0.29, 0.717) is 12.0 Å². The summed E-state index contributed by atoms with van der Waals surface area (Å²) in [7, 11) is 1.23. The van der Waals surface area contributed by atoms with Gasteiger partial charge in [0, 0.05) is 13.3 Å². The number of amides is 2. The zero-order chi connectivity index (χ0) is 19.0. The normalized spacial score (nSPS) is 13.0. The first-order valence-corrected chi connectivity index (χ1v) is 8.12. The molecule has 0 spiro atoms. The average Bonchev–Trinajstić information content (AvgIpc) is 2.53. The van der Waals surface area contributed by atoms with Crippen molar-refractivity contribution in [3.63, 3.8) is 0 Å². The van der Waals surface area contributed by atoms with E-state index in [1.165, 1.54) is 38.3 Å². The van der Waals surface area contributed by atoms with Gasteiger partial charge in [-0.3, -0.25) is 9.59 Å². The van der Waals surface area contributed by atoms with Gasteiger partial charge in [0.05, 0.1) is 7.11 Å². The Hall–Kier alpha value is -2.44. The number of esters is 1. The van der Waals surface area contributed by atoms with Crippen molar-refractivity contribution in [1.29, 1.82) is 0 Å². The van der Waals surface area contributed by atoms with Crippen LogP contribution in [-0.2, 0) is 25.5 Å². The fourth-order valence-electron chi connectivity index (χ4n) is 2.41. The lowest BCUT2D eigenvalue weighted by Gasteiger charge is -2.23. The van der Waals surface area contributed by atoms with Crippen molar-refractivity contribution in [2.24, 2.45) is 5.92 Å². The average molecular weight is 352 g/mol. The zero-order valence-corrected chi connectivity index (χ0v) is 15.0. The third kappa shape index (κ3) is 7.32. The fourth-order valence-corrected chi connectivity index (χ4v) is 2.41. The lowest BCUT2D eigenvalue weighted by molar-refractivity contribution is -0.145. The lowest BCUT2D eigenvalue weighted by atomic mass is 10.0. The number of ether oxygens (including phenoxy) is 1. The molecule has 0 aliphatic rings. The molecule has 1 rings (SSSR count). The Morgan fingerprint density at radius 2 is 1.68 bits per heavy atom. The van der Waals surface area contributed by atoms with E-state index in [9.17, 15) is 18.8 Å². The third-order valence-electron chi connectivity index (χ3n) is 3.56. The third-order valence-corrected chi connectivity index (χ3v) is 3.56. The quantitative estimate of drug-likeness (QED) is 0.696. The molecule has 2 atom stereocenters. The predicted octanol–water partition coefficient (Wildman–Crippen LogP) is 1.58. The van der Waals surface area contributed by atoms with Crippen molar-refractivity contribution in [2.75, 3.05) is 7.11 Å². The number of carbonyl (C=O) groups is 3. The second-order valence-electron chi connectivity index (χ2n) is 6.30. The van der Waals surface area contributed by atoms with Crippen LogP contribution in [0, 0.1) is 11.7 Å². The van der Waals surface area contributed by atoms with Crippen LogP contribution in [0.15, 0.2) is 24.3 Å². The van der Waals surface area contributed by atoms with Crippen molar-refractivity contribution in [3.8, 4) is 0 Å². The topological polar surface area (TPSA) is 84.5 Å². The highest BCUT2D eigenvalue weighted by Crippen LogP contribution is 2.09. The van der Waals surface area contributed by atoms with Gasteiger partial charge in [-0.25, -0.2) is 9.18 Å². The highest BCUT2D eigenvalue weighted by Gasteiger charge is 2.27. The number of carbonyl (C=O) groups excluding carboxylic acids is 3. The molecule has 0 saturated carbocycles. The minimum Gasteiger partial charge on any atom is -0.467 e. The predicted molar refractivity (Wildman–Crippen MR) is 91.1 cm³/mol. The van der Waals surface area contributed by atoms with Crippen LogP contribution in [0.4, 0.5) is 4.39 Å². The van der Waals surface area contributed by atoms with Gasteiger partial charge in [-0.1, -0.05) is 26.0 Å². The molecule has 0 bridgehead atoms. The van der Waals surface area contributed by atoms with E-state index >= 15 is 0 Å². The maximum atomic E-state index is 13.0. The Labute approximate surface area is 147 Å². The molecular weight excluding hydrogens is 327 g/mol. The van der Waals surface area contributed by atoms with Gasteiger partial charge in [-0.2, -0.15) is 0 Å². The molecule has 2 N–H and O–H groups in total. The van der Waals surface area contributed by atoms with Gasteiger partial charge in [-0.05, 0) is 30.0 Å².